The maximum atomic E-state index is 13.1. The SMILES string of the molecule is CC(C)[C@H](NC(=O)OC(C)(C)C)C(=O)N[C@@H](CC(=O)OCc1ccccc1)C(=O)OCc1ccccc1. The Balaban J connectivity index is 2.09. The van der Waals surface area contributed by atoms with Crippen LogP contribution in [0.5, 0.6) is 0 Å². The molecule has 0 aromatic heterocycles. The van der Waals surface area contributed by atoms with E-state index < -0.39 is 48.0 Å². The highest BCUT2D eigenvalue weighted by atomic mass is 16.6. The molecular formula is C28H36N2O7. The molecule has 9 heteroatoms. The molecule has 0 saturated heterocycles. The van der Waals surface area contributed by atoms with Crippen LogP contribution in [-0.4, -0.2) is 41.6 Å². The van der Waals surface area contributed by atoms with Gasteiger partial charge in [-0.3, -0.25) is 9.59 Å². The van der Waals surface area contributed by atoms with E-state index in [9.17, 15) is 19.2 Å². The van der Waals surface area contributed by atoms with E-state index in [1.54, 1.807) is 71.0 Å². The van der Waals surface area contributed by atoms with Crippen LogP contribution in [0.3, 0.4) is 0 Å². The Hall–Kier alpha value is -3.88. The number of carbonyl (C=O) groups excluding carboxylic acids is 4. The zero-order valence-electron chi connectivity index (χ0n) is 22.0. The summed E-state index contributed by atoms with van der Waals surface area (Å²) in [4.78, 5) is 50.8. The van der Waals surface area contributed by atoms with Crippen LogP contribution in [0.25, 0.3) is 0 Å². The van der Waals surface area contributed by atoms with Gasteiger partial charge in [0.05, 0.1) is 6.42 Å². The fourth-order valence-electron chi connectivity index (χ4n) is 3.22. The van der Waals surface area contributed by atoms with E-state index in [1.165, 1.54) is 0 Å². The number of alkyl carbamates (subject to hydrolysis) is 1. The molecule has 37 heavy (non-hydrogen) atoms. The number of rotatable bonds is 11. The Morgan fingerprint density at radius 3 is 1.78 bits per heavy atom. The summed E-state index contributed by atoms with van der Waals surface area (Å²) in [6.07, 6.45) is -1.21. The van der Waals surface area contributed by atoms with Gasteiger partial charge in [-0.1, -0.05) is 74.5 Å². The maximum absolute atomic E-state index is 13.1. The van der Waals surface area contributed by atoms with Gasteiger partial charge in [-0.25, -0.2) is 9.59 Å². The second kappa shape index (κ2) is 14.0. The van der Waals surface area contributed by atoms with E-state index in [1.807, 2.05) is 24.3 Å². The molecule has 0 bridgehead atoms. The molecule has 0 heterocycles. The number of benzene rings is 2. The summed E-state index contributed by atoms with van der Waals surface area (Å²) in [5, 5.41) is 5.08. The van der Waals surface area contributed by atoms with Gasteiger partial charge in [0.1, 0.15) is 30.9 Å². The highest BCUT2D eigenvalue weighted by Crippen LogP contribution is 2.11. The molecule has 0 spiro atoms. The summed E-state index contributed by atoms with van der Waals surface area (Å²) < 4.78 is 15.9. The Morgan fingerprint density at radius 2 is 1.30 bits per heavy atom. The first kappa shape index (κ1) is 29.4. The maximum Gasteiger partial charge on any atom is 0.408 e. The van der Waals surface area contributed by atoms with Gasteiger partial charge in [0, 0.05) is 0 Å². The molecule has 0 unspecified atom stereocenters. The lowest BCUT2D eigenvalue weighted by molar-refractivity contribution is -0.155. The summed E-state index contributed by atoms with van der Waals surface area (Å²) in [6.45, 7) is 8.57. The van der Waals surface area contributed by atoms with E-state index >= 15 is 0 Å². The summed E-state index contributed by atoms with van der Waals surface area (Å²) in [6, 6.07) is 15.8. The lowest BCUT2D eigenvalue weighted by Gasteiger charge is -2.26. The quantitative estimate of drug-likeness (QED) is 0.346. The van der Waals surface area contributed by atoms with E-state index in [2.05, 4.69) is 10.6 Å². The van der Waals surface area contributed by atoms with Gasteiger partial charge >= 0.3 is 18.0 Å². The number of amides is 2. The smallest absolute Gasteiger partial charge is 0.408 e. The van der Waals surface area contributed by atoms with Crippen LogP contribution in [0.1, 0.15) is 52.2 Å². The summed E-state index contributed by atoms with van der Waals surface area (Å²) >= 11 is 0. The van der Waals surface area contributed by atoms with Crippen LogP contribution in [0, 0.1) is 5.92 Å². The van der Waals surface area contributed by atoms with Crippen molar-refractivity contribution in [1.82, 2.24) is 10.6 Å². The molecule has 0 aliphatic rings. The van der Waals surface area contributed by atoms with Gasteiger partial charge in [0.2, 0.25) is 5.91 Å². The molecule has 9 nitrogen and oxygen atoms in total. The number of nitrogens with one attached hydrogen (secondary N) is 2. The molecule has 2 aromatic carbocycles. The molecule has 0 radical (unpaired) electrons. The summed E-state index contributed by atoms with van der Waals surface area (Å²) in [7, 11) is 0. The molecular weight excluding hydrogens is 476 g/mol. The monoisotopic (exact) mass is 512 g/mol. The second-order valence-corrected chi connectivity index (χ2v) is 9.87. The molecule has 2 N–H and O–H groups in total. The van der Waals surface area contributed by atoms with Gasteiger partial charge < -0.3 is 24.8 Å². The molecule has 2 atom stereocenters. The van der Waals surface area contributed by atoms with E-state index in [0.717, 1.165) is 11.1 Å². The van der Waals surface area contributed by atoms with Gasteiger partial charge in [0.15, 0.2) is 0 Å². The second-order valence-electron chi connectivity index (χ2n) is 9.87. The van der Waals surface area contributed by atoms with Crippen LogP contribution in [0.15, 0.2) is 60.7 Å². The minimum Gasteiger partial charge on any atom is -0.461 e. The van der Waals surface area contributed by atoms with Crippen molar-refractivity contribution in [3.8, 4) is 0 Å². The number of esters is 2. The van der Waals surface area contributed by atoms with Crippen LogP contribution in [0.2, 0.25) is 0 Å². The highest BCUT2D eigenvalue weighted by molar-refractivity contribution is 5.91. The van der Waals surface area contributed by atoms with Crippen molar-refractivity contribution < 1.29 is 33.4 Å². The van der Waals surface area contributed by atoms with Crippen molar-refractivity contribution in [2.24, 2.45) is 5.92 Å². The van der Waals surface area contributed by atoms with E-state index in [-0.39, 0.29) is 19.1 Å². The van der Waals surface area contributed by atoms with Crippen LogP contribution < -0.4 is 10.6 Å². The van der Waals surface area contributed by atoms with Gasteiger partial charge in [-0.2, -0.15) is 0 Å². The highest BCUT2D eigenvalue weighted by Gasteiger charge is 2.32. The first-order valence-corrected chi connectivity index (χ1v) is 12.1. The first-order chi connectivity index (χ1) is 17.4. The average Bonchev–Trinajstić information content (AvgIpc) is 2.84. The van der Waals surface area contributed by atoms with Crippen molar-refractivity contribution in [2.75, 3.05) is 0 Å². The molecule has 2 aromatic rings. The normalized spacial score (nSPS) is 12.7. The van der Waals surface area contributed by atoms with Crippen molar-refractivity contribution in [1.29, 1.82) is 0 Å². The predicted octanol–water partition coefficient (Wildman–Crippen LogP) is 3.90. The standard InChI is InChI=1S/C28H36N2O7/c1-19(2)24(30-27(34)37-28(3,4)5)25(32)29-22(26(33)36-18-21-14-10-7-11-15-21)16-23(31)35-17-20-12-8-6-9-13-20/h6-15,19,22,24H,16-18H2,1-5H3,(H,29,32)(H,30,34)/t22-,24-/m0/s1. The van der Waals surface area contributed by atoms with E-state index in [0.29, 0.717) is 0 Å². The zero-order chi connectivity index (χ0) is 27.4. The zero-order valence-corrected chi connectivity index (χ0v) is 22.0. The van der Waals surface area contributed by atoms with Gasteiger partial charge in [-0.05, 0) is 37.8 Å². The average molecular weight is 513 g/mol. The molecule has 0 fully saturated rings. The van der Waals surface area contributed by atoms with Crippen molar-refractivity contribution >= 4 is 23.9 Å². The van der Waals surface area contributed by atoms with Gasteiger partial charge in [-0.15, -0.1) is 0 Å². The molecule has 2 amide bonds. The topological polar surface area (TPSA) is 120 Å². The third-order valence-electron chi connectivity index (χ3n) is 5.06. The fourth-order valence-corrected chi connectivity index (χ4v) is 3.22. The predicted molar refractivity (Wildman–Crippen MR) is 137 cm³/mol. The van der Waals surface area contributed by atoms with Crippen molar-refractivity contribution in [3.05, 3.63) is 71.8 Å². The Kier molecular flexibility index (Phi) is 11.1. The third-order valence-corrected chi connectivity index (χ3v) is 5.06. The number of hydrogen-bond acceptors (Lipinski definition) is 7. The Bertz CT molecular complexity index is 1030. The summed E-state index contributed by atoms with van der Waals surface area (Å²) in [5.74, 6) is -2.47. The fraction of sp³-hybridized carbons (Fsp3) is 0.429. The third kappa shape index (κ3) is 11.2. The Morgan fingerprint density at radius 1 is 0.784 bits per heavy atom. The van der Waals surface area contributed by atoms with Crippen molar-refractivity contribution in [2.45, 2.75) is 71.9 Å². The lowest BCUT2D eigenvalue weighted by atomic mass is 10.0. The molecule has 200 valence electrons. The number of hydrogen-bond donors (Lipinski definition) is 2. The largest absolute Gasteiger partial charge is 0.461 e. The van der Waals surface area contributed by atoms with E-state index in [4.69, 9.17) is 14.2 Å². The molecule has 2 rings (SSSR count). The van der Waals surface area contributed by atoms with Crippen LogP contribution in [-0.2, 0) is 41.8 Å². The lowest BCUT2D eigenvalue weighted by Crippen LogP contribution is -2.55. The number of ether oxygens (including phenoxy) is 3. The molecule has 0 aliphatic heterocycles. The minimum atomic E-state index is -1.32. The minimum absolute atomic E-state index is 0.0220. The molecule has 0 aliphatic carbocycles. The van der Waals surface area contributed by atoms with Crippen molar-refractivity contribution in [3.63, 3.8) is 0 Å². The van der Waals surface area contributed by atoms with Gasteiger partial charge in [0.25, 0.3) is 0 Å². The molecule has 0 saturated carbocycles. The Labute approximate surface area is 217 Å². The number of carbonyl (C=O) groups is 4. The first-order valence-electron chi connectivity index (χ1n) is 12.1. The van der Waals surface area contributed by atoms with Crippen LogP contribution in [0.4, 0.5) is 4.79 Å². The summed E-state index contributed by atoms with van der Waals surface area (Å²) in [5.41, 5.74) is 0.776. The van der Waals surface area contributed by atoms with Crippen LogP contribution >= 0.6 is 0 Å².